The van der Waals surface area contributed by atoms with Crippen molar-refractivity contribution in [2.75, 3.05) is 13.1 Å². The summed E-state index contributed by atoms with van der Waals surface area (Å²) in [5, 5.41) is 0.171. The lowest BCUT2D eigenvalue weighted by molar-refractivity contribution is 0.313. The number of aromatic amines is 1. The SMILES string of the molecule is O=S(=O)(c1ccc(Cl)cc1F)N1CCC(c2nc3ccccc3[nH]2)CC1. The maximum atomic E-state index is 14.1. The quantitative estimate of drug-likeness (QED) is 0.733. The fourth-order valence-corrected chi connectivity index (χ4v) is 5.03. The Bertz CT molecular complexity index is 1030. The van der Waals surface area contributed by atoms with Gasteiger partial charge in [0, 0.05) is 24.0 Å². The minimum Gasteiger partial charge on any atom is -0.342 e. The molecule has 1 aromatic heterocycles. The molecule has 1 saturated heterocycles. The highest BCUT2D eigenvalue weighted by molar-refractivity contribution is 7.89. The van der Waals surface area contributed by atoms with Crippen molar-refractivity contribution in [3.8, 4) is 0 Å². The van der Waals surface area contributed by atoms with Crippen molar-refractivity contribution < 1.29 is 12.8 Å². The number of H-pyrrole nitrogens is 1. The normalized spacial score (nSPS) is 17.0. The molecule has 3 aromatic rings. The van der Waals surface area contributed by atoms with E-state index in [9.17, 15) is 12.8 Å². The smallest absolute Gasteiger partial charge is 0.245 e. The fourth-order valence-electron chi connectivity index (χ4n) is 3.36. The molecule has 5 nitrogen and oxygen atoms in total. The van der Waals surface area contributed by atoms with Crippen LogP contribution in [0.25, 0.3) is 11.0 Å². The number of rotatable bonds is 3. The standard InChI is InChI=1S/C18H17ClFN3O2S/c19-13-5-6-17(14(20)11-13)26(24,25)23-9-7-12(8-10-23)18-21-15-3-1-2-4-16(15)22-18/h1-6,11-12H,7-10H2,(H,21,22). The summed E-state index contributed by atoms with van der Waals surface area (Å²) in [6.07, 6.45) is 1.27. The molecule has 1 aliphatic rings. The molecule has 0 atom stereocenters. The number of nitrogens with zero attached hydrogens (tertiary/aromatic N) is 2. The first kappa shape index (κ1) is 17.5. The Morgan fingerprint density at radius 2 is 1.88 bits per heavy atom. The summed E-state index contributed by atoms with van der Waals surface area (Å²) in [5.41, 5.74) is 1.88. The van der Waals surface area contributed by atoms with E-state index in [1.165, 1.54) is 16.4 Å². The first-order valence-corrected chi connectivity index (χ1v) is 10.2. The van der Waals surface area contributed by atoms with E-state index < -0.39 is 15.8 Å². The van der Waals surface area contributed by atoms with Crippen LogP contribution in [-0.2, 0) is 10.0 Å². The van der Waals surface area contributed by atoms with Crippen molar-refractivity contribution >= 4 is 32.7 Å². The molecule has 0 unspecified atom stereocenters. The monoisotopic (exact) mass is 393 g/mol. The average Bonchev–Trinajstić information content (AvgIpc) is 3.05. The van der Waals surface area contributed by atoms with E-state index in [0.717, 1.165) is 22.9 Å². The van der Waals surface area contributed by atoms with Gasteiger partial charge in [0.2, 0.25) is 10.0 Å². The van der Waals surface area contributed by atoms with Crippen molar-refractivity contribution in [1.29, 1.82) is 0 Å². The van der Waals surface area contributed by atoms with Gasteiger partial charge >= 0.3 is 0 Å². The second-order valence-electron chi connectivity index (χ2n) is 6.39. The van der Waals surface area contributed by atoms with Gasteiger partial charge in [0.25, 0.3) is 0 Å². The van der Waals surface area contributed by atoms with Gasteiger partial charge < -0.3 is 4.98 Å². The summed E-state index contributed by atoms with van der Waals surface area (Å²) in [5.74, 6) is 0.210. The van der Waals surface area contributed by atoms with Gasteiger partial charge in [-0.3, -0.25) is 0 Å². The Kier molecular flexibility index (Phi) is 4.46. The van der Waals surface area contributed by atoms with Crippen LogP contribution in [0.2, 0.25) is 5.02 Å². The van der Waals surface area contributed by atoms with E-state index in [1.54, 1.807) is 0 Å². The molecular weight excluding hydrogens is 377 g/mol. The lowest BCUT2D eigenvalue weighted by atomic mass is 9.97. The molecule has 2 aromatic carbocycles. The minimum atomic E-state index is -3.87. The summed E-state index contributed by atoms with van der Waals surface area (Å²) < 4.78 is 40.8. The summed E-state index contributed by atoms with van der Waals surface area (Å²) in [7, 11) is -3.87. The number of fused-ring (bicyclic) bond motifs is 1. The summed E-state index contributed by atoms with van der Waals surface area (Å²) in [6.45, 7) is 0.651. The molecule has 4 rings (SSSR count). The predicted octanol–water partition coefficient (Wildman–Crippen LogP) is 3.92. The summed E-state index contributed by atoms with van der Waals surface area (Å²) >= 11 is 5.71. The second-order valence-corrected chi connectivity index (χ2v) is 8.74. The van der Waals surface area contributed by atoms with Gasteiger partial charge in [0.1, 0.15) is 16.5 Å². The molecule has 136 valence electrons. The fraction of sp³-hybridized carbons (Fsp3) is 0.278. The van der Waals surface area contributed by atoms with Crippen molar-refractivity contribution in [2.24, 2.45) is 0 Å². The highest BCUT2D eigenvalue weighted by Crippen LogP contribution is 2.31. The maximum absolute atomic E-state index is 14.1. The van der Waals surface area contributed by atoms with Gasteiger partial charge in [-0.2, -0.15) is 4.31 Å². The van der Waals surface area contributed by atoms with E-state index in [-0.39, 0.29) is 15.8 Å². The van der Waals surface area contributed by atoms with Crippen molar-refractivity contribution in [2.45, 2.75) is 23.7 Å². The van der Waals surface area contributed by atoms with Gasteiger partial charge in [-0.25, -0.2) is 17.8 Å². The number of nitrogens with one attached hydrogen (secondary N) is 1. The van der Waals surface area contributed by atoms with Crippen molar-refractivity contribution in [3.05, 3.63) is 59.1 Å². The zero-order chi connectivity index (χ0) is 18.3. The number of sulfonamides is 1. The van der Waals surface area contributed by atoms with E-state index in [1.807, 2.05) is 24.3 Å². The Morgan fingerprint density at radius 3 is 2.58 bits per heavy atom. The number of hydrogen-bond acceptors (Lipinski definition) is 3. The number of imidazole rings is 1. The summed E-state index contributed by atoms with van der Waals surface area (Å²) in [6, 6.07) is 11.4. The second kappa shape index (κ2) is 6.64. The van der Waals surface area contributed by atoms with Gasteiger partial charge in [-0.1, -0.05) is 23.7 Å². The molecule has 0 spiro atoms. The third kappa shape index (κ3) is 3.11. The van der Waals surface area contributed by atoms with Crippen LogP contribution in [0.3, 0.4) is 0 Å². The van der Waals surface area contributed by atoms with Crippen LogP contribution in [0, 0.1) is 5.82 Å². The van der Waals surface area contributed by atoms with Crippen molar-refractivity contribution in [1.82, 2.24) is 14.3 Å². The number of piperidine rings is 1. The third-order valence-corrected chi connectivity index (χ3v) is 6.93. The molecule has 0 amide bonds. The molecule has 1 N–H and O–H groups in total. The highest BCUT2D eigenvalue weighted by Gasteiger charge is 2.32. The van der Waals surface area contributed by atoms with Crippen LogP contribution < -0.4 is 0 Å². The van der Waals surface area contributed by atoms with Crippen molar-refractivity contribution in [3.63, 3.8) is 0 Å². The molecule has 2 heterocycles. The molecule has 0 bridgehead atoms. The van der Waals surface area contributed by atoms with Gasteiger partial charge in [-0.05, 0) is 43.2 Å². The average molecular weight is 394 g/mol. The molecule has 26 heavy (non-hydrogen) atoms. The molecule has 0 aliphatic carbocycles. The van der Waals surface area contributed by atoms with E-state index >= 15 is 0 Å². The van der Waals surface area contributed by atoms with E-state index in [2.05, 4.69) is 9.97 Å². The number of para-hydroxylation sites is 2. The number of hydrogen-bond donors (Lipinski definition) is 1. The predicted molar refractivity (Wildman–Crippen MR) is 98.2 cm³/mol. The first-order valence-electron chi connectivity index (χ1n) is 8.35. The van der Waals surface area contributed by atoms with Crippen LogP contribution in [0.15, 0.2) is 47.4 Å². The van der Waals surface area contributed by atoms with Gasteiger partial charge in [0.15, 0.2) is 0 Å². The number of benzene rings is 2. The van der Waals surface area contributed by atoms with Crippen LogP contribution >= 0.6 is 11.6 Å². The van der Waals surface area contributed by atoms with Gasteiger partial charge in [0.05, 0.1) is 11.0 Å². The lowest BCUT2D eigenvalue weighted by Crippen LogP contribution is -2.38. The Balaban J connectivity index is 1.52. The van der Waals surface area contributed by atoms with E-state index in [0.29, 0.717) is 25.9 Å². The van der Waals surface area contributed by atoms with Gasteiger partial charge in [-0.15, -0.1) is 0 Å². The van der Waals surface area contributed by atoms with Crippen LogP contribution in [0.1, 0.15) is 24.6 Å². The third-order valence-electron chi connectivity index (χ3n) is 4.76. The topological polar surface area (TPSA) is 66.1 Å². The maximum Gasteiger partial charge on any atom is 0.245 e. The Morgan fingerprint density at radius 1 is 1.15 bits per heavy atom. The molecule has 1 aliphatic heterocycles. The van der Waals surface area contributed by atoms with Crippen LogP contribution in [0.4, 0.5) is 4.39 Å². The van der Waals surface area contributed by atoms with Crippen LogP contribution in [-0.4, -0.2) is 35.8 Å². The summed E-state index contributed by atoms with van der Waals surface area (Å²) in [4.78, 5) is 7.59. The zero-order valence-corrected chi connectivity index (χ0v) is 15.4. The largest absolute Gasteiger partial charge is 0.342 e. The Hall–Kier alpha value is -1.96. The lowest BCUT2D eigenvalue weighted by Gasteiger charge is -2.30. The highest BCUT2D eigenvalue weighted by atomic mass is 35.5. The molecule has 0 saturated carbocycles. The van der Waals surface area contributed by atoms with E-state index in [4.69, 9.17) is 11.6 Å². The van der Waals surface area contributed by atoms with Crippen LogP contribution in [0.5, 0.6) is 0 Å². The number of aromatic nitrogens is 2. The molecule has 8 heteroatoms. The number of halogens is 2. The molecule has 0 radical (unpaired) electrons. The zero-order valence-electron chi connectivity index (χ0n) is 13.8. The first-order chi connectivity index (χ1) is 12.4. The Labute approximate surface area is 155 Å². The molecule has 1 fully saturated rings. The molecular formula is C18H17ClFN3O2S. The minimum absolute atomic E-state index is 0.156.